The summed E-state index contributed by atoms with van der Waals surface area (Å²) in [7, 11) is 0. The van der Waals surface area contributed by atoms with E-state index in [9.17, 15) is 4.39 Å². The maximum absolute atomic E-state index is 13.6. The van der Waals surface area contributed by atoms with Crippen LogP contribution in [0.25, 0.3) is 0 Å². The molecular formula is C33H38FN3O2. The molecule has 1 spiro atoms. The van der Waals surface area contributed by atoms with Crippen LogP contribution in [-0.4, -0.2) is 29.0 Å². The van der Waals surface area contributed by atoms with Crippen molar-refractivity contribution in [2.75, 3.05) is 13.2 Å². The minimum atomic E-state index is -0.437. The van der Waals surface area contributed by atoms with E-state index in [1.54, 1.807) is 12.1 Å². The van der Waals surface area contributed by atoms with E-state index in [4.69, 9.17) is 25.2 Å². The second-order valence-electron chi connectivity index (χ2n) is 12.3. The second-order valence-corrected chi connectivity index (χ2v) is 12.3. The third-order valence-corrected chi connectivity index (χ3v) is 10.3. The fraction of sp³-hybridized carbons (Fsp3) is 0.515. The first-order chi connectivity index (χ1) is 19.1. The maximum atomic E-state index is 13.6. The summed E-state index contributed by atoms with van der Waals surface area (Å²) in [6, 6.07) is 14.7. The van der Waals surface area contributed by atoms with E-state index in [1.165, 1.54) is 42.5 Å². The molecule has 5 nitrogen and oxygen atoms in total. The summed E-state index contributed by atoms with van der Waals surface area (Å²) in [5, 5.41) is 0. The lowest BCUT2D eigenvalue weighted by Gasteiger charge is -2.49. The van der Waals surface area contributed by atoms with Crippen LogP contribution in [0.5, 0.6) is 0 Å². The zero-order valence-corrected chi connectivity index (χ0v) is 22.5. The smallest absolute Gasteiger partial charge is 0.168 e. The van der Waals surface area contributed by atoms with Gasteiger partial charge in [0.1, 0.15) is 5.82 Å². The van der Waals surface area contributed by atoms with Crippen molar-refractivity contribution < 1.29 is 13.9 Å². The van der Waals surface area contributed by atoms with Crippen LogP contribution in [0.3, 0.4) is 0 Å². The summed E-state index contributed by atoms with van der Waals surface area (Å²) in [5.74, 6) is 0.949. The third kappa shape index (κ3) is 4.51. The van der Waals surface area contributed by atoms with Crippen LogP contribution >= 0.6 is 0 Å². The molecule has 0 amide bonds. The molecule has 204 valence electrons. The standard InChI is InChI=1S/C33H38FN3O2/c34-25-10-7-23(8-11-25)31(35)30-18-28-27(22-4-3-5-22)12-9-24-19-33(38-16-17-39-33)14-13-32(24,29(28)21-37-30)20-26-6-1-2-15-36-26/h1-2,6-8,10-11,15,18,21-22,24,27,31H,3-5,9,12-14,16-17,19-20,35H2/t24?,27?,31?,32-/m0/s1. The monoisotopic (exact) mass is 527 g/mol. The van der Waals surface area contributed by atoms with Crippen LogP contribution in [0.2, 0.25) is 0 Å². The SMILES string of the molecule is NC(c1ccc(F)cc1)c1cc2c(cn1)[C@]1(Cc3ccccn3)CCC3(CC1CCC2C1CCC1)OCCO3. The van der Waals surface area contributed by atoms with Crippen molar-refractivity contribution in [3.63, 3.8) is 0 Å². The Balaban J connectivity index is 1.34. The highest BCUT2D eigenvalue weighted by atomic mass is 19.1. The van der Waals surface area contributed by atoms with E-state index < -0.39 is 11.8 Å². The number of hydrogen-bond acceptors (Lipinski definition) is 5. The van der Waals surface area contributed by atoms with Crippen LogP contribution in [0.1, 0.15) is 91.4 Å². The molecule has 6 heteroatoms. The van der Waals surface area contributed by atoms with E-state index in [0.29, 0.717) is 31.0 Å². The van der Waals surface area contributed by atoms with Gasteiger partial charge in [-0.25, -0.2) is 4.39 Å². The highest BCUT2D eigenvalue weighted by molar-refractivity contribution is 5.43. The van der Waals surface area contributed by atoms with Gasteiger partial charge in [-0.05, 0) is 103 Å². The average molecular weight is 528 g/mol. The molecule has 3 unspecified atom stereocenters. The fourth-order valence-corrected chi connectivity index (χ4v) is 8.03. The van der Waals surface area contributed by atoms with E-state index in [0.717, 1.165) is 55.5 Å². The number of rotatable bonds is 5. The lowest BCUT2D eigenvalue weighted by molar-refractivity contribution is -0.199. The Morgan fingerprint density at radius 2 is 1.79 bits per heavy atom. The Morgan fingerprint density at radius 1 is 0.974 bits per heavy atom. The molecular weight excluding hydrogens is 489 g/mol. The van der Waals surface area contributed by atoms with Crippen molar-refractivity contribution in [3.05, 3.63) is 94.8 Å². The largest absolute Gasteiger partial charge is 0.348 e. The molecule has 4 atom stereocenters. The fourth-order valence-electron chi connectivity index (χ4n) is 8.03. The quantitative estimate of drug-likeness (QED) is 0.418. The highest BCUT2D eigenvalue weighted by Gasteiger charge is 2.55. The van der Waals surface area contributed by atoms with Gasteiger partial charge in [0.2, 0.25) is 0 Å². The van der Waals surface area contributed by atoms with Crippen LogP contribution in [-0.2, 0) is 21.3 Å². The molecule has 39 heavy (non-hydrogen) atoms. The van der Waals surface area contributed by atoms with E-state index >= 15 is 0 Å². The molecule has 1 saturated heterocycles. The summed E-state index contributed by atoms with van der Waals surface area (Å²) in [6.07, 6.45) is 14.0. The van der Waals surface area contributed by atoms with Gasteiger partial charge < -0.3 is 15.2 Å². The highest BCUT2D eigenvalue weighted by Crippen LogP contribution is 2.58. The number of pyridine rings is 2. The molecule has 3 heterocycles. The van der Waals surface area contributed by atoms with Crippen LogP contribution in [0.15, 0.2) is 60.9 Å². The molecule has 3 fully saturated rings. The number of nitrogens with zero attached hydrogens (tertiary/aromatic N) is 2. The zero-order chi connectivity index (χ0) is 26.5. The van der Waals surface area contributed by atoms with Gasteiger partial charge in [0.15, 0.2) is 5.79 Å². The Kier molecular flexibility index (Phi) is 6.53. The number of ether oxygens (including phenoxy) is 2. The zero-order valence-electron chi connectivity index (χ0n) is 22.5. The van der Waals surface area contributed by atoms with Crippen LogP contribution in [0, 0.1) is 17.7 Å². The van der Waals surface area contributed by atoms with Gasteiger partial charge in [0, 0.05) is 36.3 Å². The summed E-state index contributed by atoms with van der Waals surface area (Å²) in [6.45, 7) is 1.38. The Labute approximate surface area is 230 Å². The van der Waals surface area contributed by atoms with Gasteiger partial charge in [-0.3, -0.25) is 9.97 Å². The number of fused-ring (bicyclic) bond motifs is 3. The first-order valence-corrected chi connectivity index (χ1v) is 14.7. The Hall–Kier alpha value is -2.67. The van der Waals surface area contributed by atoms with E-state index in [1.807, 2.05) is 12.3 Å². The molecule has 2 aromatic heterocycles. The first kappa shape index (κ1) is 25.3. The molecule has 2 N–H and O–H groups in total. The summed E-state index contributed by atoms with van der Waals surface area (Å²) in [5.41, 5.74) is 12.4. The second kappa shape index (κ2) is 10.1. The third-order valence-electron chi connectivity index (χ3n) is 10.3. The molecule has 3 aliphatic carbocycles. The van der Waals surface area contributed by atoms with Gasteiger partial charge in [-0.2, -0.15) is 0 Å². The minimum absolute atomic E-state index is 0.0752. The Morgan fingerprint density at radius 3 is 2.51 bits per heavy atom. The van der Waals surface area contributed by atoms with Crippen molar-refractivity contribution in [2.24, 2.45) is 17.6 Å². The Bertz CT molecular complexity index is 1310. The van der Waals surface area contributed by atoms with Gasteiger partial charge in [0.05, 0.1) is 24.9 Å². The average Bonchev–Trinajstić information content (AvgIpc) is 3.35. The number of halogens is 1. The number of benzene rings is 1. The van der Waals surface area contributed by atoms with Gasteiger partial charge in [-0.1, -0.05) is 24.6 Å². The lowest BCUT2D eigenvalue weighted by Crippen LogP contribution is -2.49. The maximum Gasteiger partial charge on any atom is 0.168 e. The van der Waals surface area contributed by atoms with E-state index in [-0.39, 0.29) is 11.2 Å². The van der Waals surface area contributed by atoms with Crippen molar-refractivity contribution in [1.82, 2.24) is 9.97 Å². The molecule has 0 radical (unpaired) electrons. The lowest BCUT2D eigenvalue weighted by atomic mass is 9.58. The predicted molar refractivity (Wildman–Crippen MR) is 148 cm³/mol. The van der Waals surface area contributed by atoms with Crippen LogP contribution in [0.4, 0.5) is 4.39 Å². The predicted octanol–water partition coefficient (Wildman–Crippen LogP) is 6.37. The molecule has 1 aliphatic heterocycles. The van der Waals surface area contributed by atoms with Gasteiger partial charge in [-0.15, -0.1) is 0 Å². The topological polar surface area (TPSA) is 70.3 Å². The van der Waals surface area contributed by atoms with Crippen LogP contribution < -0.4 is 5.73 Å². The van der Waals surface area contributed by atoms with Crippen molar-refractivity contribution in [2.45, 2.75) is 80.9 Å². The molecule has 2 saturated carbocycles. The van der Waals surface area contributed by atoms with Crippen molar-refractivity contribution >= 4 is 0 Å². The molecule has 3 aromatic rings. The van der Waals surface area contributed by atoms with Crippen molar-refractivity contribution in [3.8, 4) is 0 Å². The normalized spacial score (nSPS) is 28.8. The number of nitrogens with two attached hydrogens (primary N) is 1. The van der Waals surface area contributed by atoms with Gasteiger partial charge >= 0.3 is 0 Å². The first-order valence-electron chi connectivity index (χ1n) is 14.7. The van der Waals surface area contributed by atoms with Gasteiger partial charge in [0.25, 0.3) is 0 Å². The summed E-state index contributed by atoms with van der Waals surface area (Å²) in [4.78, 5) is 9.83. The summed E-state index contributed by atoms with van der Waals surface area (Å²) >= 11 is 0. The molecule has 1 aromatic carbocycles. The van der Waals surface area contributed by atoms with E-state index in [2.05, 4.69) is 24.4 Å². The molecule has 4 aliphatic rings. The van der Waals surface area contributed by atoms with Crippen molar-refractivity contribution in [1.29, 1.82) is 0 Å². The summed E-state index contributed by atoms with van der Waals surface area (Å²) < 4.78 is 26.2. The molecule has 0 bridgehead atoms. The number of aromatic nitrogens is 2. The minimum Gasteiger partial charge on any atom is -0.348 e. The molecule has 7 rings (SSSR count). The number of hydrogen-bond donors (Lipinski definition) is 1.